The van der Waals surface area contributed by atoms with Crippen molar-refractivity contribution in [3.8, 4) is 0 Å². The minimum atomic E-state index is -0.123. The first kappa shape index (κ1) is 16.9. The van der Waals surface area contributed by atoms with Crippen molar-refractivity contribution in [2.75, 3.05) is 19.8 Å². The fraction of sp³-hybridized carbons (Fsp3) is 0.882. The molecule has 2 heterocycles. The van der Waals surface area contributed by atoms with Gasteiger partial charge in [0.25, 0.3) is 0 Å². The van der Waals surface area contributed by atoms with E-state index in [4.69, 9.17) is 14.0 Å². The topological polar surface area (TPSA) is 60.6 Å². The van der Waals surface area contributed by atoms with Crippen molar-refractivity contribution >= 4 is 0 Å². The van der Waals surface area contributed by atoms with E-state index in [-0.39, 0.29) is 6.10 Å². The summed E-state index contributed by atoms with van der Waals surface area (Å²) in [6, 6.07) is 0.502. The fourth-order valence-corrected chi connectivity index (χ4v) is 3.46. The van der Waals surface area contributed by atoms with Gasteiger partial charge in [0.15, 0.2) is 5.82 Å². The van der Waals surface area contributed by atoms with Crippen LogP contribution in [-0.4, -0.2) is 46.9 Å². The summed E-state index contributed by atoms with van der Waals surface area (Å²) in [5, 5.41) is 4.09. The highest BCUT2D eigenvalue weighted by Crippen LogP contribution is 2.29. The van der Waals surface area contributed by atoms with Gasteiger partial charge in [-0.15, -0.1) is 0 Å². The summed E-state index contributed by atoms with van der Waals surface area (Å²) in [5.41, 5.74) is 0. The minimum absolute atomic E-state index is 0.123. The summed E-state index contributed by atoms with van der Waals surface area (Å²) in [6.45, 7) is 9.41. The lowest BCUT2D eigenvalue weighted by Gasteiger charge is -2.43. The van der Waals surface area contributed by atoms with E-state index in [2.05, 4.69) is 28.9 Å². The normalized spacial score (nSPS) is 27.1. The Hall–Kier alpha value is -0.980. The fourth-order valence-electron chi connectivity index (χ4n) is 3.46. The lowest BCUT2D eigenvalue weighted by atomic mass is 9.90. The van der Waals surface area contributed by atoms with Crippen LogP contribution in [0.4, 0.5) is 0 Å². The molecule has 1 aliphatic carbocycles. The molecule has 23 heavy (non-hydrogen) atoms. The Balaban J connectivity index is 1.57. The molecule has 0 N–H and O–H groups in total. The number of morpholine rings is 1. The zero-order chi connectivity index (χ0) is 16.2. The molecule has 1 aliphatic heterocycles. The van der Waals surface area contributed by atoms with Crippen LogP contribution in [0.25, 0.3) is 0 Å². The molecule has 1 aromatic heterocycles. The van der Waals surface area contributed by atoms with Crippen molar-refractivity contribution in [2.45, 2.75) is 71.2 Å². The summed E-state index contributed by atoms with van der Waals surface area (Å²) in [5.74, 6) is 1.83. The van der Waals surface area contributed by atoms with Gasteiger partial charge in [0.05, 0.1) is 19.3 Å². The summed E-state index contributed by atoms with van der Waals surface area (Å²) >= 11 is 0. The molecular formula is C17H29N3O3. The first-order valence-corrected chi connectivity index (χ1v) is 8.93. The highest BCUT2D eigenvalue weighted by molar-refractivity contribution is 4.93. The van der Waals surface area contributed by atoms with Gasteiger partial charge in [0.2, 0.25) is 5.89 Å². The second kappa shape index (κ2) is 7.73. The number of fused-ring (bicyclic) bond motifs is 1. The standard InChI is InChI=1S/C17H29N3O3/c1-12(2)11-22-13(3)17-18-16(23-19-17)10-20-8-9-21-15-7-5-4-6-14(15)20/h12-15H,4-11H2,1-3H3/t13-,14+,15+/m1/s1. The van der Waals surface area contributed by atoms with Crippen LogP contribution in [0.5, 0.6) is 0 Å². The molecule has 0 amide bonds. The summed E-state index contributed by atoms with van der Waals surface area (Å²) in [7, 11) is 0. The van der Waals surface area contributed by atoms with Crippen molar-refractivity contribution in [2.24, 2.45) is 5.92 Å². The second-order valence-electron chi connectivity index (χ2n) is 7.15. The highest BCUT2D eigenvalue weighted by Gasteiger charge is 2.34. The van der Waals surface area contributed by atoms with Gasteiger partial charge in [-0.25, -0.2) is 0 Å². The summed E-state index contributed by atoms with van der Waals surface area (Å²) in [4.78, 5) is 6.98. The molecule has 6 nitrogen and oxygen atoms in total. The lowest BCUT2D eigenvalue weighted by Crippen LogP contribution is -2.52. The van der Waals surface area contributed by atoms with Crippen molar-refractivity contribution in [3.63, 3.8) is 0 Å². The Morgan fingerprint density at radius 1 is 1.26 bits per heavy atom. The molecule has 0 bridgehead atoms. The SMILES string of the molecule is CC(C)CO[C@H](C)c1noc(CN2CCO[C@H]3CCCC[C@@H]32)n1. The Morgan fingerprint density at radius 3 is 2.91 bits per heavy atom. The Kier molecular flexibility index (Phi) is 5.67. The van der Waals surface area contributed by atoms with E-state index in [1.165, 1.54) is 25.7 Å². The van der Waals surface area contributed by atoms with Crippen molar-refractivity contribution in [3.05, 3.63) is 11.7 Å². The summed E-state index contributed by atoms with van der Waals surface area (Å²) < 4.78 is 17.1. The van der Waals surface area contributed by atoms with Crippen LogP contribution in [0.2, 0.25) is 0 Å². The molecule has 3 rings (SSSR count). The molecule has 1 saturated carbocycles. The molecule has 1 aromatic rings. The molecule has 2 fully saturated rings. The van der Waals surface area contributed by atoms with Crippen molar-refractivity contribution in [1.29, 1.82) is 0 Å². The number of aromatic nitrogens is 2. The monoisotopic (exact) mass is 323 g/mol. The molecule has 2 aliphatic rings. The van der Waals surface area contributed by atoms with Crippen LogP contribution in [0.15, 0.2) is 4.52 Å². The van der Waals surface area contributed by atoms with Gasteiger partial charge in [-0.05, 0) is 25.7 Å². The molecular weight excluding hydrogens is 294 g/mol. The van der Waals surface area contributed by atoms with Crippen LogP contribution in [-0.2, 0) is 16.0 Å². The van der Waals surface area contributed by atoms with Gasteiger partial charge in [0.1, 0.15) is 6.10 Å². The lowest BCUT2D eigenvalue weighted by molar-refractivity contribution is -0.0933. The maximum Gasteiger partial charge on any atom is 0.240 e. The van der Waals surface area contributed by atoms with Gasteiger partial charge >= 0.3 is 0 Å². The number of nitrogens with zero attached hydrogens (tertiary/aromatic N) is 3. The van der Waals surface area contributed by atoms with E-state index in [1.807, 2.05) is 6.92 Å². The Morgan fingerprint density at radius 2 is 2.09 bits per heavy atom. The zero-order valence-corrected chi connectivity index (χ0v) is 14.5. The molecule has 0 aromatic carbocycles. The van der Waals surface area contributed by atoms with E-state index in [1.54, 1.807) is 0 Å². The van der Waals surface area contributed by atoms with Gasteiger partial charge in [-0.2, -0.15) is 4.98 Å². The first-order chi connectivity index (χ1) is 11.1. The third-order valence-electron chi connectivity index (χ3n) is 4.71. The zero-order valence-electron chi connectivity index (χ0n) is 14.5. The number of rotatable bonds is 6. The van der Waals surface area contributed by atoms with Gasteiger partial charge < -0.3 is 14.0 Å². The molecule has 0 unspecified atom stereocenters. The molecule has 1 saturated heterocycles. The number of ether oxygens (including phenoxy) is 2. The second-order valence-corrected chi connectivity index (χ2v) is 7.15. The largest absolute Gasteiger partial charge is 0.375 e. The Labute approximate surface area is 138 Å². The first-order valence-electron chi connectivity index (χ1n) is 8.93. The molecule has 0 radical (unpaired) electrons. The van der Waals surface area contributed by atoms with Crippen LogP contribution >= 0.6 is 0 Å². The van der Waals surface area contributed by atoms with Gasteiger partial charge in [-0.1, -0.05) is 31.8 Å². The number of hydrogen-bond acceptors (Lipinski definition) is 6. The van der Waals surface area contributed by atoms with E-state index < -0.39 is 0 Å². The predicted molar refractivity (Wildman–Crippen MR) is 85.9 cm³/mol. The average molecular weight is 323 g/mol. The van der Waals surface area contributed by atoms with Gasteiger partial charge in [-0.3, -0.25) is 4.90 Å². The average Bonchev–Trinajstić information content (AvgIpc) is 3.01. The Bertz CT molecular complexity index is 489. The van der Waals surface area contributed by atoms with E-state index in [9.17, 15) is 0 Å². The molecule has 130 valence electrons. The maximum absolute atomic E-state index is 5.92. The molecule has 6 heteroatoms. The third-order valence-corrected chi connectivity index (χ3v) is 4.71. The van der Waals surface area contributed by atoms with Gasteiger partial charge in [0, 0.05) is 19.2 Å². The van der Waals surface area contributed by atoms with Crippen LogP contribution in [0.1, 0.15) is 64.3 Å². The quantitative estimate of drug-likeness (QED) is 0.802. The summed E-state index contributed by atoms with van der Waals surface area (Å²) in [6.07, 6.45) is 5.21. The van der Waals surface area contributed by atoms with Crippen molar-refractivity contribution < 1.29 is 14.0 Å². The third kappa shape index (κ3) is 4.31. The van der Waals surface area contributed by atoms with Crippen LogP contribution in [0.3, 0.4) is 0 Å². The number of hydrogen-bond donors (Lipinski definition) is 0. The highest BCUT2D eigenvalue weighted by atomic mass is 16.5. The minimum Gasteiger partial charge on any atom is -0.375 e. The van der Waals surface area contributed by atoms with Crippen molar-refractivity contribution in [1.82, 2.24) is 15.0 Å². The predicted octanol–water partition coefficient (Wildman–Crippen LogP) is 2.95. The van der Waals surface area contributed by atoms with E-state index in [0.29, 0.717) is 42.9 Å². The maximum atomic E-state index is 5.92. The smallest absolute Gasteiger partial charge is 0.240 e. The molecule has 3 atom stereocenters. The van der Waals surface area contributed by atoms with Crippen LogP contribution < -0.4 is 0 Å². The van der Waals surface area contributed by atoms with E-state index in [0.717, 1.165) is 13.2 Å². The molecule has 0 spiro atoms. The van der Waals surface area contributed by atoms with E-state index >= 15 is 0 Å². The van der Waals surface area contributed by atoms with Crippen LogP contribution in [0, 0.1) is 5.92 Å².